The fraction of sp³-hybridized carbons (Fsp3) is 0.367. The first-order chi connectivity index (χ1) is 17.4. The average molecular weight is 487 g/mol. The molecule has 0 spiro atoms. The fourth-order valence-corrected chi connectivity index (χ4v) is 4.91. The monoisotopic (exact) mass is 486 g/mol. The first kappa shape index (κ1) is 25.4. The van der Waals surface area contributed by atoms with Crippen molar-refractivity contribution >= 4 is 11.9 Å². The second kappa shape index (κ2) is 11.8. The smallest absolute Gasteiger partial charge is 0.303 e. The number of carbonyl (C=O) groups is 2. The zero-order valence-electron chi connectivity index (χ0n) is 21.0. The second-order valence-electron chi connectivity index (χ2n) is 9.68. The molecule has 36 heavy (non-hydrogen) atoms. The van der Waals surface area contributed by atoms with Crippen LogP contribution in [0.15, 0.2) is 54.7 Å². The van der Waals surface area contributed by atoms with E-state index in [0.717, 1.165) is 47.4 Å². The van der Waals surface area contributed by atoms with Crippen LogP contribution in [0.5, 0.6) is 5.75 Å². The van der Waals surface area contributed by atoms with Gasteiger partial charge in [0.15, 0.2) is 0 Å². The maximum atomic E-state index is 11.6. The lowest BCUT2D eigenvalue weighted by molar-refractivity contribution is -0.137. The molecule has 0 saturated heterocycles. The predicted molar refractivity (Wildman–Crippen MR) is 139 cm³/mol. The van der Waals surface area contributed by atoms with E-state index in [9.17, 15) is 14.7 Å². The molecule has 1 heterocycles. The molecule has 1 atom stereocenters. The summed E-state index contributed by atoms with van der Waals surface area (Å²) in [7, 11) is 0. The van der Waals surface area contributed by atoms with Gasteiger partial charge >= 0.3 is 5.97 Å². The number of nitrogens with one attached hydrogen (secondary N) is 1. The molecule has 0 saturated carbocycles. The normalized spacial score (nSPS) is 14.3. The lowest BCUT2D eigenvalue weighted by atomic mass is 9.88. The highest BCUT2D eigenvalue weighted by molar-refractivity contribution is 5.72. The SMILES string of the molecule is CC(=O)NCc1ccc2c(c1)Cc1cc(OCCCCc3cc(C)ccn3)ccc1CC2CC(=O)O. The summed E-state index contributed by atoms with van der Waals surface area (Å²) >= 11 is 0. The molecule has 0 radical (unpaired) electrons. The quantitative estimate of drug-likeness (QED) is 0.388. The van der Waals surface area contributed by atoms with E-state index in [2.05, 4.69) is 41.5 Å². The number of hydrogen-bond donors (Lipinski definition) is 2. The number of aromatic nitrogens is 1. The number of ether oxygens (including phenoxy) is 1. The number of benzene rings is 2. The minimum Gasteiger partial charge on any atom is -0.494 e. The van der Waals surface area contributed by atoms with Crippen LogP contribution in [0, 0.1) is 6.92 Å². The van der Waals surface area contributed by atoms with E-state index in [1.807, 2.05) is 30.5 Å². The summed E-state index contributed by atoms with van der Waals surface area (Å²) < 4.78 is 6.08. The molecule has 6 nitrogen and oxygen atoms in total. The molecule has 0 fully saturated rings. The molecule has 0 bridgehead atoms. The van der Waals surface area contributed by atoms with E-state index in [0.29, 0.717) is 26.0 Å². The highest BCUT2D eigenvalue weighted by atomic mass is 16.5. The van der Waals surface area contributed by atoms with Crippen molar-refractivity contribution in [2.75, 3.05) is 6.61 Å². The van der Waals surface area contributed by atoms with Crippen LogP contribution in [0.3, 0.4) is 0 Å². The number of aryl methyl sites for hydroxylation is 2. The molecular weight excluding hydrogens is 452 g/mol. The van der Waals surface area contributed by atoms with Crippen LogP contribution < -0.4 is 10.1 Å². The van der Waals surface area contributed by atoms with Crippen LogP contribution in [-0.4, -0.2) is 28.6 Å². The van der Waals surface area contributed by atoms with Crippen molar-refractivity contribution in [3.8, 4) is 5.75 Å². The van der Waals surface area contributed by atoms with Gasteiger partial charge in [0.05, 0.1) is 13.0 Å². The molecule has 1 aromatic heterocycles. The number of aliphatic carboxylic acids is 1. The molecule has 0 aliphatic heterocycles. The van der Waals surface area contributed by atoms with Gasteiger partial charge in [-0.3, -0.25) is 14.6 Å². The Kier molecular flexibility index (Phi) is 8.36. The van der Waals surface area contributed by atoms with E-state index in [-0.39, 0.29) is 18.2 Å². The number of pyridine rings is 1. The Hall–Kier alpha value is -3.67. The van der Waals surface area contributed by atoms with E-state index in [1.165, 1.54) is 23.6 Å². The van der Waals surface area contributed by atoms with E-state index in [1.54, 1.807) is 0 Å². The Labute approximate surface area is 212 Å². The maximum Gasteiger partial charge on any atom is 0.303 e. The molecule has 3 aromatic rings. The van der Waals surface area contributed by atoms with Crippen molar-refractivity contribution in [2.45, 2.75) is 64.8 Å². The third-order valence-corrected chi connectivity index (χ3v) is 6.70. The molecule has 1 aliphatic carbocycles. The highest BCUT2D eigenvalue weighted by Crippen LogP contribution is 2.36. The van der Waals surface area contributed by atoms with Gasteiger partial charge in [-0.05, 0) is 103 Å². The summed E-state index contributed by atoms with van der Waals surface area (Å²) in [5.74, 6) is -0.112. The van der Waals surface area contributed by atoms with Crippen molar-refractivity contribution in [1.29, 1.82) is 0 Å². The maximum absolute atomic E-state index is 11.6. The lowest BCUT2D eigenvalue weighted by Gasteiger charge is -2.17. The third kappa shape index (κ3) is 6.94. The topological polar surface area (TPSA) is 88.5 Å². The molecule has 188 valence electrons. The summed E-state index contributed by atoms with van der Waals surface area (Å²) in [6, 6.07) is 16.4. The van der Waals surface area contributed by atoms with Crippen LogP contribution in [-0.2, 0) is 35.4 Å². The first-order valence-electron chi connectivity index (χ1n) is 12.6. The van der Waals surface area contributed by atoms with Gasteiger partial charge in [-0.15, -0.1) is 0 Å². The van der Waals surface area contributed by atoms with E-state index < -0.39 is 5.97 Å². The van der Waals surface area contributed by atoms with Crippen molar-refractivity contribution in [2.24, 2.45) is 0 Å². The fourth-order valence-electron chi connectivity index (χ4n) is 4.91. The molecule has 2 aromatic carbocycles. The van der Waals surface area contributed by atoms with E-state index >= 15 is 0 Å². The van der Waals surface area contributed by atoms with Crippen LogP contribution in [0.25, 0.3) is 0 Å². The Balaban J connectivity index is 1.44. The van der Waals surface area contributed by atoms with E-state index in [4.69, 9.17) is 4.74 Å². The van der Waals surface area contributed by atoms with Gasteiger partial charge < -0.3 is 15.2 Å². The molecule has 4 rings (SSSR count). The number of nitrogens with zero attached hydrogens (tertiary/aromatic N) is 1. The summed E-state index contributed by atoms with van der Waals surface area (Å²) in [6.45, 7) is 4.69. The first-order valence-corrected chi connectivity index (χ1v) is 12.6. The lowest BCUT2D eigenvalue weighted by Crippen LogP contribution is -2.19. The zero-order chi connectivity index (χ0) is 25.5. The predicted octanol–water partition coefficient (Wildman–Crippen LogP) is 5.13. The number of carboxylic acids is 1. The van der Waals surface area contributed by atoms with Gasteiger partial charge in [-0.1, -0.05) is 24.3 Å². The number of rotatable bonds is 10. The summed E-state index contributed by atoms with van der Waals surface area (Å²) in [6.07, 6.45) is 6.25. The van der Waals surface area contributed by atoms with Crippen LogP contribution in [0.1, 0.15) is 71.2 Å². The Morgan fingerprint density at radius 2 is 1.92 bits per heavy atom. The zero-order valence-corrected chi connectivity index (χ0v) is 21.0. The van der Waals surface area contributed by atoms with Crippen LogP contribution >= 0.6 is 0 Å². The molecular formula is C30H34N2O4. The second-order valence-corrected chi connectivity index (χ2v) is 9.68. The Morgan fingerprint density at radius 1 is 1.06 bits per heavy atom. The molecule has 1 aliphatic rings. The number of unbranched alkanes of at least 4 members (excludes halogenated alkanes) is 1. The molecule has 2 N–H and O–H groups in total. The largest absolute Gasteiger partial charge is 0.494 e. The van der Waals surface area contributed by atoms with Gasteiger partial charge in [-0.2, -0.15) is 0 Å². The van der Waals surface area contributed by atoms with Gasteiger partial charge in [0.1, 0.15) is 5.75 Å². The summed E-state index contributed by atoms with van der Waals surface area (Å²) in [5, 5.41) is 12.4. The van der Waals surface area contributed by atoms with Gasteiger partial charge in [0.2, 0.25) is 5.91 Å². The van der Waals surface area contributed by atoms with Crippen molar-refractivity contribution in [3.05, 3.63) is 93.8 Å². The van der Waals surface area contributed by atoms with Crippen molar-refractivity contribution in [1.82, 2.24) is 10.3 Å². The minimum absolute atomic E-state index is 0.0732. The van der Waals surface area contributed by atoms with Crippen molar-refractivity contribution in [3.63, 3.8) is 0 Å². The molecule has 1 amide bonds. The average Bonchev–Trinajstić information content (AvgIpc) is 2.97. The Bertz CT molecular complexity index is 1240. The summed E-state index contributed by atoms with van der Waals surface area (Å²) in [5.41, 5.74) is 7.89. The summed E-state index contributed by atoms with van der Waals surface area (Å²) in [4.78, 5) is 27.4. The highest BCUT2D eigenvalue weighted by Gasteiger charge is 2.25. The van der Waals surface area contributed by atoms with Gasteiger partial charge in [0, 0.05) is 25.4 Å². The van der Waals surface area contributed by atoms with Gasteiger partial charge in [0.25, 0.3) is 0 Å². The Morgan fingerprint density at radius 3 is 2.69 bits per heavy atom. The number of amides is 1. The standard InChI is InChI=1S/C30H34N2O4/c1-20-10-11-31-27(13-20)5-3-4-12-36-28-8-7-23-15-26(18-30(34)35)29-9-6-22(19-32-21(2)33)14-25(29)16-24(23)17-28/h6-11,13-14,17,26H,3-5,12,15-16,18-19H2,1-2H3,(H,32,33)(H,34,35). The van der Waals surface area contributed by atoms with Crippen LogP contribution in [0.4, 0.5) is 0 Å². The molecule has 6 heteroatoms. The molecule has 1 unspecified atom stereocenters. The van der Waals surface area contributed by atoms with Crippen molar-refractivity contribution < 1.29 is 19.4 Å². The van der Waals surface area contributed by atoms with Crippen LogP contribution in [0.2, 0.25) is 0 Å². The third-order valence-electron chi connectivity index (χ3n) is 6.70. The number of carbonyl (C=O) groups excluding carboxylic acids is 1. The number of fused-ring (bicyclic) bond motifs is 2. The number of carboxylic acid groups (broad SMARTS) is 1. The number of hydrogen-bond acceptors (Lipinski definition) is 4. The minimum atomic E-state index is -0.794. The van der Waals surface area contributed by atoms with Gasteiger partial charge in [-0.25, -0.2) is 0 Å².